The van der Waals surface area contributed by atoms with Crippen LogP contribution >= 0.6 is 11.6 Å². The number of benzene rings is 1. The smallest absolute Gasteiger partial charge is 0.122 e. The van der Waals surface area contributed by atoms with Crippen LogP contribution in [0.2, 0.25) is 5.02 Å². The summed E-state index contributed by atoms with van der Waals surface area (Å²) in [5, 5.41) is 0.750. The van der Waals surface area contributed by atoms with Gasteiger partial charge in [0.15, 0.2) is 0 Å². The molecule has 3 nitrogen and oxygen atoms in total. The topological polar surface area (TPSA) is 38.5 Å². The molecule has 1 fully saturated rings. The number of rotatable bonds is 6. The zero-order valence-corrected chi connectivity index (χ0v) is 14.8. The number of halogens is 1. The van der Waals surface area contributed by atoms with Gasteiger partial charge in [-0.1, -0.05) is 31.9 Å². The second-order valence-corrected chi connectivity index (χ2v) is 7.12. The molecule has 1 aromatic carbocycles. The number of nitrogens with zero attached hydrogens (tertiary/aromatic N) is 1. The standard InChI is InChI=1S/C18H29ClN2O/c1-13(2)12-21-9-5-4-6-17(21)16(11-20)15-10-14(19)7-8-18(15)22-3/h7-8,10,13,16-17H,4-6,9,11-12,20H2,1-3H3. The molecule has 2 rings (SSSR count). The molecule has 2 atom stereocenters. The highest BCUT2D eigenvalue weighted by Crippen LogP contribution is 2.36. The van der Waals surface area contributed by atoms with Crippen molar-refractivity contribution >= 4 is 11.6 Å². The Morgan fingerprint density at radius 1 is 1.36 bits per heavy atom. The maximum Gasteiger partial charge on any atom is 0.122 e. The van der Waals surface area contributed by atoms with Crippen molar-refractivity contribution in [2.45, 2.75) is 45.1 Å². The van der Waals surface area contributed by atoms with Crippen molar-refractivity contribution < 1.29 is 4.74 Å². The van der Waals surface area contributed by atoms with E-state index in [1.807, 2.05) is 18.2 Å². The Kier molecular flexibility index (Phi) is 6.54. The predicted molar refractivity (Wildman–Crippen MR) is 93.8 cm³/mol. The van der Waals surface area contributed by atoms with Crippen LogP contribution in [0.1, 0.15) is 44.6 Å². The molecule has 2 N–H and O–H groups in total. The van der Waals surface area contributed by atoms with E-state index in [-0.39, 0.29) is 5.92 Å². The van der Waals surface area contributed by atoms with Crippen molar-refractivity contribution in [1.29, 1.82) is 0 Å². The average molecular weight is 325 g/mol. The molecular weight excluding hydrogens is 296 g/mol. The van der Waals surface area contributed by atoms with Gasteiger partial charge < -0.3 is 10.5 Å². The highest BCUT2D eigenvalue weighted by atomic mass is 35.5. The molecule has 22 heavy (non-hydrogen) atoms. The number of hydrogen-bond acceptors (Lipinski definition) is 3. The van der Waals surface area contributed by atoms with E-state index < -0.39 is 0 Å². The maximum absolute atomic E-state index is 6.22. The summed E-state index contributed by atoms with van der Waals surface area (Å²) >= 11 is 6.22. The molecule has 1 saturated heterocycles. The molecular formula is C18H29ClN2O. The minimum Gasteiger partial charge on any atom is -0.496 e. The van der Waals surface area contributed by atoms with Gasteiger partial charge in [0, 0.05) is 35.6 Å². The van der Waals surface area contributed by atoms with Crippen LogP contribution in [-0.2, 0) is 0 Å². The molecule has 0 bridgehead atoms. The van der Waals surface area contributed by atoms with Crippen molar-refractivity contribution in [2.75, 3.05) is 26.7 Å². The molecule has 124 valence electrons. The second-order valence-electron chi connectivity index (χ2n) is 6.68. The molecule has 0 aromatic heterocycles. The minimum absolute atomic E-state index is 0.271. The van der Waals surface area contributed by atoms with Crippen molar-refractivity contribution in [3.63, 3.8) is 0 Å². The Morgan fingerprint density at radius 2 is 2.14 bits per heavy atom. The summed E-state index contributed by atoms with van der Waals surface area (Å²) in [7, 11) is 1.72. The summed E-state index contributed by atoms with van der Waals surface area (Å²) in [5.41, 5.74) is 7.33. The zero-order chi connectivity index (χ0) is 16.1. The van der Waals surface area contributed by atoms with E-state index in [9.17, 15) is 0 Å². The molecule has 0 aliphatic carbocycles. The highest BCUT2D eigenvalue weighted by Gasteiger charge is 2.32. The van der Waals surface area contributed by atoms with E-state index in [1.165, 1.54) is 25.8 Å². The number of nitrogens with two attached hydrogens (primary N) is 1. The molecule has 1 aromatic rings. The van der Waals surface area contributed by atoms with E-state index in [0.717, 1.165) is 22.9 Å². The molecule has 1 aliphatic rings. The summed E-state index contributed by atoms with van der Waals surface area (Å²) in [5.74, 6) is 1.84. The quantitative estimate of drug-likeness (QED) is 0.862. The van der Waals surface area contributed by atoms with Gasteiger partial charge in [0.25, 0.3) is 0 Å². The van der Waals surface area contributed by atoms with E-state index in [0.29, 0.717) is 18.5 Å². The number of likely N-dealkylation sites (tertiary alicyclic amines) is 1. The molecule has 1 heterocycles. The van der Waals surface area contributed by atoms with Crippen LogP contribution in [-0.4, -0.2) is 37.7 Å². The Hall–Kier alpha value is -0.770. The second kappa shape index (κ2) is 8.19. The Balaban J connectivity index is 2.30. The fourth-order valence-corrected chi connectivity index (χ4v) is 3.83. The Morgan fingerprint density at radius 3 is 2.77 bits per heavy atom. The van der Waals surface area contributed by atoms with Gasteiger partial charge in [0.1, 0.15) is 5.75 Å². The van der Waals surface area contributed by atoms with Crippen molar-refractivity contribution in [2.24, 2.45) is 11.7 Å². The average Bonchev–Trinajstić information content (AvgIpc) is 2.49. The van der Waals surface area contributed by atoms with Crippen LogP contribution in [0.25, 0.3) is 0 Å². The van der Waals surface area contributed by atoms with Gasteiger partial charge in [-0.25, -0.2) is 0 Å². The third-order valence-corrected chi connectivity index (χ3v) is 4.81. The predicted octanol–water partition coefficient (Wildman–Crippen LogP) is 3.90. The van der Waals surface area contributed by atoms with Crippen molar-refractivity contribution in [1.82, 2.24) is 4.90 Å². The van der Waals surface area contributed by atoms with E-state index >= 15 is 0 Å². The molecule has 2 unspecified atom stereocenters. The van der Waals surface area contributed by atoms with Crippen LogP contribution in [0.15, 0.2) is 18.2 Å². The zero-order valence-electron chi connectivity index (χ0n) is 14.0. The lowest BCUT2D eigenvalue weighted by Gasteiger charge is -2.41. The number of piperidine rings is 1. The maximum atomic E-state index is 6.22. The third-order valence-electron chi connectivity index (χ3n) is 4.57. The van der Waals surface area contributed by atoms with Gasteiger partial charge in [0.05, 0.1) is 7.11 Å². The minimum atomic E-state index is 0.271. The van der Waals surface area contributed by atoms with Crippen LogP contribution in [0.5, 0.6) is 5.75 Å². The van der Waals surface area contributed by atoms with Gasteiger partial charge in [-0.15, -0.1) is 0 Å². The fourth-order valence-electron chi connectivity index (χ4n) is 3.65. The van der Waals surface area contributed by atoms with E-state index in [2.05, 4.69) is 18.7 Å². The summed E-state index contributed by atoms with van der Waals surface area (Å²) in [6.07, 6.45) is 3.76. The SMILES string of the molecule is COc1ccc(Cl)cc1C(CN)C1CCCCN1CC(C)C. The first-order valence-corrected chi connectivity index (χ1v) is 8.72. The lowest BCUT2D eigenvalue weighted by atomic mass is 9.84. The first kappa shape index (κ1) is 17.6. The first-order valence-electron chi connectivity index (χ1n) is 8.34. The van der Waals surface area contributed by atoms with Crippen LogP contribution in [0.4, 0.5) is 0 Å². The van der Waals surface area contributed by atoms with Gasteiger partial charge in [-0.05, 0) is 43.5 Å². The Bertz CT molecular complexity index is 478. The third kappa shape index (κ3) is 4.15. The largest absolute Gasteiger partial charge is 0.496 e. The molecule has 0 amide bonds. The lowest BCUT2D eigenvalue weighted by Crippen LogP contribution is -2.46. The van der Waals surface area contributed by atoms with Crippen LogP contribution in [0, 0.1) is 5.92 Å². The van der Waals surface area contributed by atoms with Gasteiger partial charge >= 0.3 is 0 Å². The summed E-state index contributed by atoms with van der Waals surface area (Å²) in [6.45, 7) is 7.48. The van der Waals surface area contributed by atoms with E-state index in [1.54, 1.807) is 7.11 Å². The molecule has 0 radical (unpaired) electrons. The lowest BCUT2D eigenvalue weighted by molar-refractivity contribution is 0.112. The van der Waals surface area contributed by atoms with Crippen molar-refractivity contribution in [3.8, 4) is 5.75 Å². The fraction of sp³-hybridized carbons (Fsp3) is 0.667. The van der Waals surface area contributed by atoms with Crippen LogP contribution < -0.4 is 10.5 Å². The molecule has 4 heteroatoms. The number of hydrogen-bond donors (Lipinski definition) is 1. The molecule has 1 aliphatic heterocycles. The number of methoxy groups -OCH3 is 1. The summed E-state index contributed by atoms with van der Waals surface area (Å²) < 4.78 is 5.56. The summed E-state index contributed by atoms with van der Waals surface area (Å²) in [4.78, 5) is 2.62. The highest BCUT2D eigenvalue weighted by molar-refractivity contribution is 6.30. The Labute approximate surface area is 139 Å². The first-order chi connectivity index (χ1) is 10.6. The van der Waals surface area contributed by atoms with Gasteiger partial charge in [-0.3, -0.25) is 4.90 Å². The van der Waals surface area contributed by atoms with Gasteiger partial charge in [-0.2, -0.15) is 0 Å². The van der Waals surface area contributed by atoms with Crippen LogP contribution in [0.3, 0.4) is 0 Å². The normalized spacial score (nSPS) is 21.1. The number of ether oxygens (including phenoxy) is 1. The van der Waals surface area contributed by atoms with Gasteiger partial charge in [0.2, 0.25) is 0 Å². The molecule has 0 spiro atoms. The monoisotopic (exact) mass is 324 g/mol. The summed E-state index contributed by atoms with van der Waals surface area (Å²) in [6, 6.07) is 6.34. The van der Waals surface area contributed by atoms with E-state index in [4.69, 9.17) is 22.1 Å². The van der Waals surface area contributed by atoms with Crippen molar-refractivity contribution in [3.05, 3.63) is 28.8 Å². The molecule has 0 saturated carbocycles.